The van der Waals surface area contributed by atoms with E-state index in [2.05, 4.69) is 39.8 Å². The number of quaternary nitrogens is 2. The Balaban J connectivity index is 0.000000234. The van der Waals surface area contributed by atoms with Gasteiger partial charge in [-0.15, -0.1) is 0 Å². The second-order valence-corrected chi connectivity index (χ2v) is 9.76. The van der Waals surface area contributed by atoms with Gasteiger partial charge >= 0.3 is 11.3 Å². The second-order valence-electron chi connectivity index (χ2n) is 8.95. The van der Waals surface area contributed by atoms with Crippen LogP contribution >= 0.6 is 0 Å². The molecule has 2 heterocycles. The van der Waals surface area contributed by atoms with Crippen molar-refractivity contribution in [1.82, 2.24) is 0 Å². The van der Waals surface area contributed by atoms with E-state index in [0.29, 0.717) is 11.2 Å². The quantitative estimate of drug-likeness (QED) is 0.207. The first-order chi connectivity index (χ1) is 18.3. The maximum absolute atomic E-state index is 11.4. The molecule has 4 aromatic rings. The van der Waals surface area contributed by atoms with Crippen LogP contribution in [0.15, 0.2) is 67.0 Å². The average Bonchev–Trinajstić information content (AvgIpc) is 2.84. The number of fused-ring (bicyclic) bond motifs is 2. The van der Waals surface area contributed by atoms with Gasteiger partial charge < -0.3 is 27.7 Å². The third-order valence-electron chi connectivity index (χ3n) is 6.43. The van der Waals surface area contributed by atoms with Crippen molar-refractivity contribution in [3.63, 3.8) is 0 Å². The smallest absolute Gasteiger partial charge is 0.336 e. The van der Waals surface area contributed by atoms with Gasteiger partial charge in [0, 0.05) is 45.4 Å². The Morgan fingerprint density at radius 3 is 1.23 bits per heavy atom. The number of hydrogen-bond donors (Lipinski definition) is 2. The van der Waals surface area contributed by atoms with E-state index < -0.39 is 10.4 Å². The molecule has 0 aliphatic carbocycles. The van der Waals surface area contributed by atoms with Crippen molar-refractivity contribution in [1.29, 1.82) is 0 Å². The SMILES string of the molecule is CC[NH+](CC)c1ccc2c(C)cc(=O)oc2c1.CC[NH+](CC)c1ccc2c(C)cc(=O)oc2c1.O=S(=O)([O-])[O-]. The molecule has 0 amide bonds. The van der Waals surface area contributed by atoms with Gasteiger partial charge in [0.15, 0.2) is 0 Å². The van der Waals surface area contributed by atoms with E-state index in [4.69, 9.17) is 26.4 Å². The highest BCUT2D eigenvalue weighted by molar-refractivity contribution is 7.79. The molecule has 0 atom stereocenters. The van der Waals surface area contributed by atoms with Crippen LogP contribution in [0.4, 0.5) is 11.4 Å². The van der Waals surface area contributed by atoms with E-state index >= 15 is 0 Å². The Morgan fingerprint density at radius 2 is 0.949 bits per heavy atom. The summed E-state index contributed by atoms with van der Waals surface area (Å²) in [7, 11) is -5.17. The summed E-state index contributed by atoms with van der Waals surface area (Å²) in [5.41, 5.74) is 5.12. The molecule has 2 aromatic carbocycles. The first-order valence-corrected chi connectivity index (χ1v) is 14.1. The molecule has 0 radical (unpaired) electrons. The summed E-state index contributed by atoms with van der Waals surface area (Å²) in [6, 6.07) is 15.3. The Morgan fingerprint density at radius 1 is 0.641 bits per heavy atom. The molecule has 0 bridgehead atoms. The Kier molecular flexibility index (Phi) is 11.6. The lowest BCUT2D eigenvalue weighted by Gasteiger charge is -2.15. The van der Waals surface area contributed by atoms with Crippen LogP contribution in [-0.4, -0.2) is 43.7 Å². The zero-order valence-corrected chi connectivity index (χ0v) is 23.9. The van der Waals surface area contributed by atoms with Gasteiger partial charge in [0.2, 0.25) is 0 Å². The van der Waals surface area contributed by atoms with Crippen molar-refractivity contribution in [2.75, 3.05) is 26.2 Å². The van der Waals surface area contributed by atoms with Gasteiger partial charge in [0.25, 0.3) is 0 Å². The molecular weight excluding hydrogens is 524 g/mol. The largest absolute Gasteiger partial charge is 0.759 e. The highest BCUT2D eigenvalue weighted by Gasteiger charge is 2.11. The second kappa shape index (κ2) is 14.2. The van der Waals surface area contributed by atoms with Gasteiger partial charge in [-0.25, -0.2) is 9.59 Å². The molecule has 0 saturated heterocycles. The van der Waals surface area contributed by atoms with Crippen LogP contribution in [0.3, 0.4) is 0 Å². The third-order valence-corrected chi connectivity index (χ3v) is 6.43. The van der Waals surface area contributed by atoms with E-state index in [9.17, 15) is 9.59 Å². The van der Waals surface area contributed by atoms with Crippen molar-refractivity contribution in [3.8, 4) is 0 Å². The molecule has 0 unspecified atom stereocenters. The Hall–Kier alpha value is -3.35. The highest BCUT2D eigenvalue weighted by atomic mass is 32.3. The summed E-state index contributed by atoms with van der Waals surface area (Å²) in [5, 5.41) is 2.03. The zero-order valence-electron chi connectivity index (χ0n) is 23.1. The van der Waals surface area contributed by atoms with Crippen molar-refractivity contribution < 1.29 is 36.2 Å². The molecule has 0 saturated carbocycles. The fourth-order valence-electron chi connectivity index (χ4n) is 4.41. The predicted octanol–water partition coefficient (Wildman–Crippen LogP) is 1.98. The first-order valence-electron chi connectivity index (χ1n) is 12.8. The average molecular weight is 561 g/mol. The van der Waals surface area contributed by atoms with E-state index in [1.165, 1.54) is 33.3 Å². The Bertz CT molecular complexity index is 1500. The maximum atomic E-state index is 11.4. The number of nitrogens with one attached hydrogen (secondary N) is 2. The van der Waals surface area contributed by atoms with Gasteiger partial charge in [-0.2, -0.15) is 0 Å². The molecule has 10 nitrogen and oxygen atoms in total. The van der Waals surface area contributed by atoms with Crippen LogP contribution in [-0.2, 0) is 10.4 Å². The zero-order chi connectivity index (χ0) is 29.3. The summed E-state index contributed by atoms with van der Waals surface area (Å²) < 4.78 is 44.6. The molecule has 2 aromatic heterocycles. The lowest BCUT2D eigenvalue weighted by atomic mass is 10.1. The minimum Gasteiger partial charge on any atom is -0.759 e. The molecule has 0 spiro atoms. The third kappa shape index (κ3) is 9.41. The van der Waals surface area contributed by atoms with E-state index in [0.717, 1.165) is 48.1 Å². The first kappa shape index (κ1) is 31.9. The molecule has 11 heteroatoms. The van der Waals surface area contributed by atoms with Crippen LogP contribution < -0.4 is 21.1 Å². The molecule has 0 aliphatic rings. The van der Waals surface area contributed by atoms with Crippen LogP contribution in [0.5, 0.6) is 0 Å². The fraction of sp³-hybridized carbons (Fsp3) is 0.357. The van der Waals surface area contributed by atoms with Gasteiger partial charge in [-0.05, 0) is 76.9 Å². The van der Waals surface area contributed by atoms with E-state index in [1.54, 1.807) is 0 Å². The molecular formula is C28H36N2O8S. The topological polar surface area (TPSA) is 150 Å². The summed E-state index contributed by atoms with van der Waals surface area (Å²) in [6.45, 7) is 16.6. The van der Waals surface area contributed by atoms with Gasteiger partial charge in [0.1, 0.15) is 22.5 Å². The van der Waals surface area contributed by atoms with Gasteiger partial charge in [-0.1, -0.05) is 0 Å². The lowest BCUT2D eigenvalue weighted by molar-refractivity contribution is -0.828. The van der Waals surface area contributed by atoms with Crippen LogP contribution in [0.1, 0.15) is 38.8 Å². The normalized spacial score (nSPS) is 11.3. The monoisotopic (exact) mass is 560 g/mol. The Labute approximate surface area is 228 Å². The van der Waals surface area contributed by atoms with Crippen molar-refractivity contribution in [3.05, 3.63) is 80.5 Å². The standard InChI is InChI=1S/2C14H17NO2.H2O4S/c2*1-4-15(5-2)11-6-7-12-10(3)8-14(16)17-13(12)9-11;1-5(2,3)4/h2*6-9H,4-5H2,1-3H3;(H2,1,2,3,4). The van der Waals surface area contributed by atoms with Crippen LogP contribution in [0.25, 0.3) is 21.9 Å². The summed E-state index contributed by atoms with van der Waals surface area (Å²) in [5.74, 6) is 0. The number of benzene rings is 2. The molecule has 39 heavy (non-hydrogen) atoms. The molecule has 0 aliphatic heterocycles. The van der Waals surface area contributed by atoms with Crippen molar-refractivity contribution >= 4 is 43.7 Å². The van der Waals surface area contributed by atoms with Crippen molar-refractivity contribution in [2.45, 2.75) is 41.5 Å². The molecule has 4 rings (SSSR count). The van der Waals surface area contributed by atoms with E-state index in [1.807, 2.05) is 38.1 Å². The number of rotatable bonds is 6. The summed E-state index contributed by atoms with van der Waals surface area (Å²) >= 11 is 0. The summed E-state index contributed by atoms with van der Waals surface area (Å²) in [6.07, 6.45) is 0. The summed E-state index contributed by atoms with van der Waals surface area (Å²) in [4.78, 5) is 25.5. The van der Waals surface area contributed by atoms with Crippen molar-refractivity contribution in [2.24, 2.45) is 0 Å². The minimum atomic E-state index is -5.17. The highest BCUT2D eigenvalue weighted by Crippen LogP contribution is 2.19. The lowest BCUT2D eigenvalue weighted by Crippen LogP contribution is -3.06. The van der Waals surface area contributed by atoms with Gasteiger partial charge in [-0.3, -0.25) is 8.42 Å². The molecule has 0 fully saturated rings. The fourth-order valence-corrected chi connectivity index (χ4v) is 4.41. The minimum absolute atomic E-state index is 0.276. The van der Waals surface area contributed by atoms with Crippen LogP contribution in [0.2, 0.25) is 0 Å². The number of hydrogen-bond acceptors (Lipinski definition) is 8. The maximum Gasteiger partial charge on any atom is 0.336 e. The van der Waals surface area contributed by atoms with E-state index in [-0.39, 0.29) is 11.3 Å². The number of aryl methyl sites for hydroxylation is 2. The van der Waals surface area contributed by atoms with Gasteiger partial charge in [0.05, 0.1) is 26.2 Å². The molecule has 2 N–H and O–H groups in total. The van der Waals surface area contributed by atoms with Crippen LogP contribution in [0, 0.1) is 13.8 Å². The predicted molar refractivity (Wildman–Crippen MR) is 148 cm³/mol. The molecule has 212 valence electrons.